The van der Waals surface area contributed by atoms with Crippen LogP contribution < -0.4 is 21.9 Å². The van der Waals surface area contributed by atoms with Crippen molar-refractivity contribution < 1.29 is 23.9 Å². The minimum atomic E-state index is -0.601. The van der Waals surface area contributed by atoms with E-state index in [1.807, 2.05) is 20.8 Å². The lowest BCUT2D eigenvalue weighted by Crippen LogP contribution is -2.51. The minimum Gasteiger partial charge on any atom is -0.467 e. The van der Waals surface area contributed by atoms with E-state index in [-0.39, 0.29) is 35.4 Å². The highest BCUT2D eigenvalue weighted by Crippen LogP contribution is 2.38. The monoisotopic (exact) mass is 759 g/mol. The second-order valence-electron chi connectivity index (χ2n) is 15.9. The molecule has 0 bridgehead atoms. The standard InChI is InChI=1S/C44H66N6O5/c1-12-50-40-20-19-36(24-37(40)38(25-44(8,9)26-55-28-52)42(50)32(6)47-31(5)33(7)54-11)35-18-15-17-34(22-35)23-39(30(4)16-13-14-21-46-45)48-43(53)41(29(2)3)49(10)27-51/h15,17-20,22,24,27-29,32-33,39,41,46-47H,4-5,12-14,16,21,23,25-26,45H2,1-3,6-11H3,(H,48,53)/t32-,33?,39?,41?/m0/s1. The summed E-state index contributed by atoms with van der Waals surface area (Å²) in [5.41, 5.74) is 10.8. The second kappa shape index (κ2) is 21.0. The van der Waals surface area contributed by atoms with Gasteiger partial charge in [0.05, 0.1) is 24.8 Å². The molecule has 11 heteroatoms. The number of unbranched alkanes of at least 4 members (excludes halogenated alkanes) is 1. The highest BCUT2D eigenvalue weighted by atomic mass is 16.5. The van der Waals surface area contributed by atoms with E-state index in [1.54, 1.807) is 14.2 Å². The Morgan fingerprint density at radius 2 is 1.75 bits per heavy atom. The predicted molar refractivity (Wildman–Crippen MR) is 223 cm³/mol. The maximum atomic E-state index is 13.7. The van der Waals surface area contributed by atoms with Crippen LogP contribution in [-0.2, 0) is 43.2 Å². The summed E-state index contributed by atoms with van der Waals surface area (Å²) in [4.78, 5) is 38.0. The van der Waals surface area contributed by atoms with Crippen molar-refractivity contribution in [3.05, 3.63) is 83.7 Å². The summed E-state index contributed by atoms with van der Waals surface area (Å²) in [6, 6.07) is 14.1. The predicted octanol–water partition coefficient (Wildman–Crippen LogP) is 6.60. The van der Waals surface area contributed by atoms with Gasteiger partial charge in [-0.1, -0.05) is 76.8 Å². The van der Waals surface area contributed by atoms with Gasteiger partial charge in [0.15, 0.2) is 0 Å². The molecule has 0 radical (unpaired) electrons. The van der Waals surface area contributed by atoms with E-state index >= 15 is 0 Å². The summed E-state index contributed by atoms with van der Waals surface area (Å²) in [5.74, 6) is 5.22. The Morgan fingerprint density at radius 3 is 2.36 bits per heavy atom. The van der Waals surface area contributed by atoms with Crippen molar-refractivity contribution in [3.63, 3.8) is 0 Å². The number of aromatic nitrogens is 1. The van der Waals surface area contributed by atoms with Crippen molar-refractivity contribution in [1.29, 1.82) is 0 Å². The van der Waals surface area contributed by atoms with Crippen molar-refractivity contribution in [1.82, 2.24) is 25.5 Å². The summed E-state index contributed by atoms with van der Waals surface area (Å²) in [6.45, 7) is 25.3. The number of methoxy groups -OCH3 is 1. The number of nitrogens with zero attached hydrogens (tertiary/aromatic N) is 2. The molecule has 0 fully saturated rings. The second-order valence-corrected chi connectivity index (χ2v) is 15.9. The molecular weight excluding hydrogens is 693 g/mol. The number of likely N-dealkylation sites (N-methyl/N-ethyl adjacent to an activating group) is 1. The van der Waals surface area contributed by atoms with Crippen molar-refractivity contribution in [2.24, 2.45) is 17.2 Å². The van der Waals surface area contributed by atoms with Crippen LogP contribution >= 0.6 is 0 Å². The van der Waals surface area contributed by atoms with Gasteiger partial charge in [-0.15, -0.1) is 0 Å². The summed E-state index contributed by atoms with van der Waals surface area (Å²) in [5, 5.41) is 7.98. The average Bonchev–Trinajstić information content (AvgIpc) is 3.46. The molecule has 1 heterocycles. The molecule has 0 aliphatic heterocycles. The molecule has 302 valence electrons. The molecule has 55 heavy (non-hydrogen) atoms. The van der Waals surface area contributed by atoms with Gasteiger partial charge in [0.1, 0.15) is 6.04 Å². The zero-order valence-electron chi connectivity index (χ0n) is 34.7. The smallest absolute Gasteiger partial charge is 0.293 e. The lowest BCUT2D eigenvalue weighted by Gasteiger charge is -2.30. The van der Waals surface area contributed by atoms with Gasteiger partial charge >= 0.3 is 0 Å². The van der Waals surface area contributed by atoms with E-state index in [9.17, 15) is 14.4 Å². The molecular formula is C44H66N6O5. The van der Waals surface area contributed by atoms with Crippen LogP contribution in [-0.4, -0.2) is 73.8 Å². The van der Waals surface area contributed by atoms with E-state index in [4.69, 9.17) is 15.3 Å². The summed E-state index contributed by atoms with van der Waals surface area (Å²) >= 11 is 0. The van der Waals surface area contributed by atoms with E-state index < -0.39 is 6.04 Å². The van der Waals surface area contributed by atoms with Gasteiger partial charge in [-0.05, 0) is 93.2 Å². The van der Waals surface area contributed by atoms with Crippen molar-refractivity contribution in [2.45, 2.75) is 111 Å². The molecule has 0 saturated heterocycles. The van der Waals surface area contributed by atoms with Crippen LogP contribution in [0.2, 0.25) is 0 Å². The van der Waals surface area contributed by atoms with Gasteiger partial charge in [-0.2, -0.15) is 0 Å². The first-order valence-electron chi connectivity index (χ1n) is 19.5. The lowest BCUT2D eigenvalue weighted by atomic mass is 9.84. The number of benzene rings is 2. The Hall–Kier alpha value is -4.45. The zero-order valence-corrected chi connectivity index (χ0v) is 34.7. The third-order valence-electron chi connectivity index (χ3n) is 10.5. The first kappa shape index (κ1) is 44.9. The van der Waals surface area contributed by atoms with Crippen LogP contribution in [0.4, 0.5) is 0 Å². The molecule has 1 aromatic heterocycles. The number of nitrogens with two attached hydrogens (primary N) is 1. The third kappa shape index (κ3) is 12.0. The van der Waals surface area contributed by atoms with Crippen molar-refractivity contribution in [2.75, 3.05) is 27.3 Å². The molecule has 3 rings (SSSR count). The van der Waals surface area contributed by atoms with Gasteiger partial charge in [0, 0.05) is 55.0 Å². The van der Waals surface area contributed by atoms with Gasteiger partial charge in [-0.25, -0.2) is 0 Å². The number of hydrogen-bond acceptors (Lipinski definition) is 8. The number of ether oxygens (including phenoxy) is 2. The fourth-order valence-corrected chi connectivity index (χ4v) is 7.49. The van der Waals surface area contributed by atoms with Crippen molar-refractivity contribution >= 4 is 29.7 Å². The molecule has 0 aliphatic carbocycles. The Kier molecular flexibility index (Phi) is 17.2. The number of aryl methyl sites for hydroxylation is 1. The highest BCUT2D eigenvalue weighted by Gasteiger charge is 2.30. The maximum Gasteiger partial charge on any atom is 0.293 e. The van der Waals surface area contributed by atoms with Gasteiger partial charge in [0.2, 0.25) is 12.3 Å². The normalized spacial score (nSPS) is 13.9. The molecule has 2 amide bonds. The van der Waals surface area contributed by atoms with Crippen LogP contribution in [0, 0.1) is 11.3 Å². The molecule has 5 N–H and O–H groups in total. The number of carbonyl (C=O) groups excluding carboxylic acids is 3. The number of amides is 2. The zero-order chi connectivity index (χ0) is 40.9. The molecule has 11 nitrogen and oxygen atoms in total. The first-order chi connectivity index (χ1) is 26.1. The van der Waals surface area contributed by atoms with E-state index in [0.717, 1.165) is 70.4 Å². The molecule has 0 spiro atoms. The number of rotatable bonds is 25. The summed E-state index contributed by atoms with van der Waals surface area (Å²) in [6.07, 6.45) is 4.27. The van der Waals surface area contributed by atoms with E-state index in [0.29, 0.717) is 38.9 Å². The average molecular weight is 759 g/mol. The first-order valence-corrected chi connectivity index (χ1v) is 19.5. The number of nitrogens with one attached hydrogen (secondary N) is 3. The number of hydrazine groups is 1. The molecule has 2 aromatic carbocycles. The highest BCUT2D eigenvalue weighted by molar-refractivity contribution is 5.90. The lowest BCUT2D eigenvalue weighted by molar-refractivity contribution is -0.133. The Morgan fingerprint density at radius 1 is 1.04 bits per heavy atom. The number of carbonyl (C=O) groups is 3. The van der Waals surface area contributed by atoms with Crippen LogP contribution in [0.15, 0.2) is 66.9 Å². The Balaban J connectivity index is 2.10. The quantitative estimate of drug-likeness (QED) is 0.0249. The third-order valence-corrected chi connectivity index (χ3v) is 10.5. The van der Waals surface area contributed by atoms with Crippen molar-refractivity contribution in [3.8, 4) is 11.1 Å². The minimum absolute atomic E-state index is 0.0689. The van der Waals surface area contributed by atoms with Crippen LogP contribution in [0.3, 0.4) is 0 Å². The van der Waals surface area contributed by atoms with Crippen LogP contribution in [0.1, 0.15) is 90.6 Å². The molecule has 0 aliphatic rings. The molecule has 3 unspecified atom stereocenters. The fraction of sp³-hybridized carbons (Fsp3) is 0.523. The fourth-order valence-electron chi connectivity index (χ4n) is 7.49. The SMILES string of the molecule is C=C(CCCCNN)C(Cc1cccc(-c2ccc3c(c2)c(CC(C)(C)COC=O)c([C@H](C)NC(=C)C(C)OC)n3CC)c1)NC(=O)C(C(C)C)N(C)C=O. The number of fused-ring (bicyclic) bond motifs is 1. The maximum absolute atomic E-state index is 13.7. The topological polar surface area (TPSA) is 140 Å². The molecule has 4 atom stereocenters. The van der Waals surface area contributed by atoms with Crippen LogP contribution in [0.5, 0.6) is 0 Å². The van der Waals surface area contributed by atoms with E-state index in [2.05, 4.69) is 104 Å². The van der Waals surface area contributed by atoms with E-state index in [1.165, 1.54) is 10.5 Å². The summed E-state index contributed by atoms with van der Waals surface area (Å²) < 4.78 is 13.2. The largest absolute Gasteiger partial charge is 0.467 e. The van der Waals surface area contributed by atoms with Crippen LogP contribution in [0.25, 0.3) is 22.0 Å². The number of hydrogen-bond donors (Lipinski definition) is 4. The molecule has 0 saturated carbocycles. The van der Waals surface area contributed by atoms with Gasteiger partial charge in [0.25, 0.3) is 6.47 Å². The molecule has 3 aromatic rings. The Bertz CT molecular complexity index is 1760. The van der Waals surface area contributed by atoms with Gasteiger partial charge < -0.3 is 29.6 Å². The Labute approximate surface area is 329 Å². The summed E-state index contributed by atoms with van der Waals surface area (Å²) in [7, 11) is 3.31. The van der Waals surface area contributed by atoms with Gasteiger partial charge in [-0.3, -0.25) is 25.7 Å².